The molecule has 0 aliphatic carbocycles. The number of amides is 3. The largest absolute Gasteiger partial charge is 0.322 e. The molecule has 2 aromatic carbocycles. The lowest BCUT2D eigenvalue weighted by Gasteiger charge is -2.29. The number of fused-ring (bicyclic) bond motifs is 2. The summed E-state index contributed by atoms with van der Waals surface area (Å²) in [4.78, 5) is 43.4. The van der Waals surface area contributed by atoms with Crippen molar-refractivity contribution in [2.45, 2.75) is 25.4 Å². The maximum Gasteiger partial charge on any atom is 0.255 e. The number of piperidine rings is 1. The van der Waals surface area contributed by atoms with Crippen LogP contribution < -0.4 is 5.32 Å². The zero-order valence-electron chi connectivity index (χ0n) is 17.7. The lowest BCUT2D eigenvalue weighted by molar-refractivity contribution is -0.136. The van der Waals surface area contributed by atoms with Crippen molar-refractivity contribution in [3.05, 3.63) is 84.1 Å². The number of benzene rings is 2. The van der Waals surface area contributed by atoms with Crippen LogP contribution >= 0.6 is 0 Å². The highest BCUT2D eigenvalue weighted by molar-refractivity contribution is 6.05. The standard InChI is InChI=1S/C26H20N4O3/c31-22-12-11-20(25(32)28-22)30-15-18-14-17(9-10-19(18)26(30)33)23-24(16-6-2-1-3-7-16)29-13-5-4-8-21(29)27-23/h1-10,13-14,20H,11-12,15H2,(H,28,31,32). The summed E-state index contributed by atoms with van der Waals surface area (Å²) in [6, 6.07) is 21.1. The molecule has 4 aromatic rings. The minimum Gasteiger partial charge on any atom is -0.322 e. The Balaban J connectivity index is 1.42. The molecule has 2 aliphatic rings. The summed E-state index contributed by atoms with van der Waals surface area (Å²) in [6.45, 7) is 0.336. The summed E-state index contributed by atoms with van der Waals surface area (Å²) < 4.78 is 2.07. The first-order valence-electron chi connectivity index (χ1n) is 10.9. The quantitative estimate of drug-likeness (QED) is 0.499. The molecule has 1 N–H and O–H groups in total. The number of carbonyl (C=O) groups is 3. The van der Waals surface area contributed by atoms with Gasteiger partial charge in [0.2, 0.25) is 11.8 Å². The average molecular weight is 436 g/mol. The molecule has 1 unspecified atom stereocenters. The topological polar surface area (TPSA) is 83.8 Å². The van der Waals surface area contributed by atoms with Gasteiger partial charge in [0.25, 0.3) is 5.91 Å². The van der Waals surface area contributed by atoms with Gasteiger partial charge in [-0.1, -0.05) is 42.5 Å². The van der Waals surface area contributed by atoms with Crippen LogP contribution in [-0.4, -0.2) is 38.0 Å². The van der Waals surface area contributed by atoms with E-state index in [0.717, 1.165) is 33.7 Å². The van der Waals surface area contributed by atoms with Crippen LogP contribution in [0.4, 0.5) is 0 Å². The molecule has 2 aliphatic heterocycles. The first-order chi connectivity index (χ1) is 16.1. The van der Waals surface area contributed by atoms with Gasteiger partial charge in [0, 0.05) is 35.9 Å². The van der Waals surface area contributed by atoms with Crippen LogP contribution in [0.25, 0.3) is 28.2 Å². The van der Waals surface area contributed by atoms with Crippen molar-refractivity contribution < 1.29 is 14.4 Å². The Labute approximate surface area is 189 Å². The van der Waals surface area contributed by atoms with Gasteiger partial charge in [-0.05, 0) is 36.2 Å². The fourth-order valence-corrected chi connectivity index (χ4v) is 4.79. The van der Waals surface area contributed by atoms with E-state index in [9.17, 15) is 14.4 Å². The smallest absolute Gasteiger partial charge is 0.255 e. The molecular formula is C26H20N4O3. The van der Waals surface area contributed by atoms with Crippen LogP contribution in [0.3, 0.4) is 0 Å². The summed E-state index contributed by atoms with van der Waals surface area (Å²) in [5.41, 5.74) is 6.07. The van der Waals surface area contributed by atoms with Gasteiger partial charge in [-0.15, -0.1) is 0 Å². The fourth-order valence-electron chi connectivity index (χ4n) is 4.79. The Morgan fingerprint density at radius 2 is 1.73 bits per heavy atom. The summed E-state index contributed by atoms with van der Waals surface area (Å²) in [6.07, 6.45) is 2.58. The van der Waals surface area contributed by atoms with E-state index in [0.29, 0.717) is 18.5 Å². The zero-order chi connectivity index (χ0) is 22.5. The minimum atomic E-state index is -0.624. The normalized spacial score (nSPS) is 18.0. The Hall–Kier alpha value is -4.26. The third-order valence-electron chi connectivity index (χ3n) is 6.37. The fraction of sp³-hybridized carbons (Fsp3) is 0.154. The lowest BCUT2D eigenvalue weighted by atomic mass is 10.0. The van der Waals surface area contributed by atoms with Crippen molar-refractivity contribution in [2.75, 3.05) is 0 Å². The van der Waals surface area contributed by atoms with Crippen molar-refractivity contribution in [1.29, 1.82) is 0 Å². The van der Waals surface area contributed by atoms with E-state index in [4.69, 9.17) is 4.98 Å². The molecule has 6 rings (SSSR count). The average Bonchev–Trinajstić information content (AvgIpc) is 3.37. The van der Waals surface area contributed by atoms with E-state index in [-0.39, 0.29) is 18.2 Å². The molecule has 0 saturated carbocycles. The first kappa shape index (κ1) is 19.4. The number of imide groups is 1. The second kappa shape index (κ2) is 7.41. The SMILES string of the molecule is O=C1CCC(N2Cc3cc(-c4nc5ccccn5c4-c4ccccc4)ccc3C2=O)C(=O)N1. The van der Waals surface area contributed by atoms with Gasteiger partial charge in [-0.2, -0.15) is 0 Å². The molecule has 1 saturated heterocycles. The van der Waals surface area contributed by atoms with Gasteiger partial charge in [0.15, 0.2) is 0 Å². The van der Waals surface area contributed by atoms with Crippen LogP contribution in [0.5, 0.6) is 0 Å². The number of rotatable bonds is 3. The second-order valence-electron chi connectivity index (χ2n) is 8.38. The Morgan fingerprint density at radius 3 is 2.55 bits per heavy atom. The van der Waals surface area contributed by atoms with E-state index < -0.39 is 11.9 Å². The maximum absolute atomic E-state index is 13.0. The number of hydrogen-bond donors (Lipinski definition) is 1. The molecule has 7 heteroatoms. The maximum atomic E-state index is 13.0. The highest BCUT2D eigenvalue weighted by atomic mass is 16.2. The van der Waals surface area contributed by atoms with Crippen molar-refractivity contribution in [3.8, 4) is 22.5 Å². The monoisotopic (exact) mass is 436 g/mol. The van der Waals surface area contributed by atoms with E-state index in [1.165, 1.54) is 0 Å². The van der Waals surface area contributed by atoms with Gasteiger partial charge in [0.05, 0.1) is 11.4 Å². The van der Waals surface area contributed by atoms with E-state index >= 15 is 0 Å². The third kappa shape index (κ3) is 3.12. The molecule has 33 heavy (non-hydrogen) atoms. The minimum absolute atomic E-state index is 0.177. The van der Waals surface area contributed by atoms with E-state index in [1.807, 2.05) is 60.8 Å². The molecule has 0 spiro atoms. The number of aromatic nitrogens is 2. The zero-order valence-corrected chi connectivity index (χ0v) is 17.7. The molecular weight excluding hydrogens is 416 g/mol. The molecule has 1 fully saturated rings. The highest BCUT2D eigenvalue weighted by Gasteiger charge is 2.39. The Kier molecular flexibility index (Phi) is 4.36. The lowest BCUT2D eigenvalue weighted by Crippen LogP contribution is -2.52. The van der Waals surface area contributed by atoms with Crippen molar-refractivity contribution >= 4 is 23.4 Å². The summed E-state index contributed by atoms with van der Waals surface area (Å²) >= 11 is 0. The molecule has 4 heterocycles. The number of nitrogens with zero attached hydrogens (tertiary/aromatic N) is 3. The number of pyridine rings is 1. The molecule has 3 amide bonds. The van der Waals surface area contributed by atoms with Crippen LogP contribution in [0.15, 0.2) is 72.9 Å². The van der Waals surface area contributed by atoms with Gasteiger partial charge >= 0.3 is 0 Å². The molecule has 162 valence electrons. The number of hydrogen-bond acceptors (Lipinski definition) is 4. The number of nitrogens with one attached hydrogen (secondary N) is 1. The summed E-state index contributed by atoms with van der Waals surface area (Å²) in [7, 11) is 0. The predicted octanol–water partition coefficient (Wildman–Crippen LogP) is 3.43. The third-order valence-corrected chi connectivity index (χ3v) is 6.37. The van der Waals surface area contributed by atoms with E-state index in [1.54, 1.807) is 4.90 Å². The molecule has 1 atom stereocenters. The number of carbonyl (C=O) groups excluding carboxylic acids is 3. The molecule has 0 radical (unpaired) electrons. The van der Waals surface area contributed by atoms with Crippen LogP contribution in [0, 0.1) is 0 Å². The Morgan fingerprint density at radius 1 is 0.909 bits per heavy atom. The predicted molar refractivity (Wildman–Crippen MR) is 122 cm³/mol. The Bertz CT molecular complexity index is 1440. The molecule has 2 aromatic heterocycles. The highest BCUT2D eigenvalue weighted by Crippen LogP contribution is 2.36. The molecule has 0 bridgehead atoms. The van der Waals surface area contributed by atoms with Crippen LogP contribution in [0.2, 0.25) is 0 Å². The first-order valence-corrected chi connectivity index (χ1v) is 10.9. The number of imidazole rings is 1. The second-order valence-corrected chi connectivity index (χ2v) is 8.38. The summed E-state index contributed by atoms with van der Waals surface area (Å²) in [5.74, 6) is -0.869. The van der Waals surface area contributed by atoms with Gasteiger partial charge < -0.3 is 4.90 Å². The van der Waals surface area contributed by atoms with Crippen LogP contribution in [0.1, 0.15) is 28.8 Å². The van der Waals surface area contributed by atoms with Crippen LogP contribution in [-0.2, 0) is 16.1 Å². The summed E-state index contributed by atoms with van der Waals surface area (Å²) in [5, 5.41) is 2.35. The molecule has 7 nitrogen and oxygen atoms in total. The van der Waals surface area contributed by atoms with Crippen molar-refractivity contribution in [1.82, 2.24) is 19.6 Å². The van der Waals surface area contributed by atoms with E-state index in [2.05, 4.69) is 21.9 Å². The van der Waals surface area contributed by atoms with Crippen molar-refractivity contribution in [3.63, 3.8) is 0 Å². The van der Waals surface area contributed by atoms with Gasteiger partial charge in [-0.3, -0.25) is 24.1 Å². The van der Waals surface area contributed by atoms with Crippen molar-refractivity contribution in [2.24, 2.45) is 0 Å². The van der Waals surface area contributed by atoms with Gasteiger partial charge in [-0.25, -0.2) is 4.98 Å². The van der Waals surface area contributed by atoms with Gasteiger partial charge in [0.1, 0.15) is 11.7 Å².